The van der Waals surface area contributed by atoms with Gasteiger partial charge in [0.25, 0.3) is 0 Å². The number of likely N-dealkylation sites (N-methyl/N-ethyl adjacent to an activating group) is 1. The van der Waals surface area contributed by atoms with Crippen LogP contribution in [0.1, 0.15) is 29.9 Å². The van der Waals surface area contributed by atoms with Crippen LogP contribution in [0.2, 0.25) is 0 Å². The number of hydrogen-bond donors (Lipinski definition) is 3. The largest absolute Gasteiger partial charge is 0.375 e. The molecule has 0 saturated carbocycles. The zero-order chi connectivity index (χ0) is 16.4. The molecule has 120 valence electrons. The predicted octanol–water partition coefficient (Wildman–Crippen LogP) is 3.16. The van der Waals surface area contributed by atoms with Gasteiger partial charge in [0.1, 0.15) is 0 Å². The van der Waals surface area contributed by atoms with E-state index in [1.807, 2.05) is 32.2 Å². The van der Waals surface area contributed by atoms with Crippen LogP contribution < -0.4 is 10.6 Å². The summed E-state index contributed by atoms with van der Waals surface area (Å²) >= 11 is 0. The molecule has 1 aromatic heterocycles. The van der Waals surface area contributed by atoms with Crippen LogP contribution in [0, 0.1) is 0 Å². The minimum absolute atomic E-state index is 0.202. The first-order chi connectivity index (χ1) is 11.1. The standard InChI is InChI=1S/C18H22N4O/c1-11-12(2)21-18-14(5-4-6-16(18)20-11)17-9-13(10-23)15(22-17)7-8-19-3/h4-6,9-10,12,19,21-22H,7-8H2,1-3H3. The molecule has 23 heavy (non-hydrogen) atoms. The number of H-pyrrole nitrogens is 1. The quantitative estimate of drug-likeness (QED) is 0.743. The molecule has 1 atom stereocenters. The van der Waals surface area contributed by atoms with Crippen molar-refractivity contribution in [2.24, 2.45) is 4.99 Å². The van der Waals surface area contributed by atoms with Crippen molar-refractivity contribution in [2.75, 3.05) is 18.9 Å². The summed E-state index contributed by atoms with van der Waals surface area (Å²) in [5.74, 6) is 0. The van der Waals surface area contributed by atoms with E-state index in [1.165, 1.54) is 0 Å². The monoisotopic (exact) mass is 310 g/mol. The second kappa shape index (κ2) is 6.38. The van der Waals surface area contributed by atoms with E-state index < -0.39 is 0 Å². The Hall–Kier alpha value is -2.40. The Morgan fingerprint density at radius 3 is 2.96 bits per heavy atom. The minimum atomic E-state index is 0.202. The first-order valence-electron chi connectivity index (χ1n) is 7.90. The molecule has 1 aliphatic rings. The third kappa shape index (κ3) is 2.92. The van der Waals surface area contributed by atoms with E-state index in [1.54, 1.807) is 0 Å². The zero-order valence-corrected chi connectivity index (χ0v) is 13.7. The van der Waals surface area contributed by atoms with Gasteiger partial charge >= 0.3 is 0 Å². The molecule has 3 N–H and O–H groups in total. The van der Waals surface area contributed by atoms with Crippen LogP contribution in [0.5, 0.6) is 0 Å². The van der Waals surface area contributed by atoms with Crippen LogP contribution in [-0.4, -0.2) is 36.6 Å². The maximum absolute atomic E-state index is 11.3. The van der Waals surface area contributed by atoms with E-state index in [4.69, 9.17) is 0 Å². The maximum Gasteiger partial charge on any atom is 0.151 e. The minimum Gasteiger partial charge on any atom is -0.375 e. The molecule has 5 nitrogen and oxygen atoms in total. The number of carbonyl (C=O) groups is 1. The lowest BCUT2D eigenvalue weighted by Gasteiger charge is -2.24. The fraction of sp³-hybridized carbons (Fsp3) is 0.333. The number of benzene rings is 1. The molecule has 0 saturated heterocycles. The average Bonchev–Trinajstić information content (AvgIpc) is 2.96. The number of aromatic amines is 1. The molecule has 1 aromatic carbocycles. The SMILES string of the molecule is CNCCc1[nH]c(-c2cccc3c2NC(C)C(C)=N3)cc1C=O. The summed E-state index contributed by atoms with van der Waals surface area (Å²) in [7, 11) is 1.91. The van der Waals surface area contributed by atoms with Crippen molar-refractivity contribution < 1.29 is 4.79 Å². The number of aldehydes is 1. The summed E-state index contributed by atoms with van der Waals surface area (Å²) in [4.78, 5) is 19.4. The number of fused-ring (bicyclic) bond motifs is 1. The number of hydrogen-bond acceptors (Lipinski definition) is 4. The smallest absolute Gasteiger partial charge is 0.151 e. The van der Waals surface area contributed by atoms with Gasteiger partial charge in [-0.15, -0.1) is 0 Å². The predicted molar refractivity (Wildman–Crippen MR) is 95.1 cm³/mol. The molecule has 0 bridgehead atoms. The number of nitrogens with one attached hydrogen (secondary N) is 3. The highest BCUT2D eigenvalue weighted by Crippen LogP contribution is 2.39. The Labute approximate surface area is 136 Å². The first kappa shape index (κ1) is 15.5. The van der Waals surface area contributed by atoms with Gasteiger partial charge in [-0.05, 0) is 33.0 Å². The second-order valence-corrected chi connectivity index (χ2v) is 5.91. The van der Waals surface area contributed by atoms with E-state index in [0.29, 0.717) is 0 Å². The molecule has 0 spiro atoms. The molecule has 2 heterocycles. The van der Waals surface area contributed by atoms with Gasteiger partial charge in [0.15, 0.2) is 6.29 Å². The van der Waals surface area contributed by atoms with Crippen LogP contribution in [-0.2, 0) is 6.42 Å². The highest BCUT2D eigenvalue weighted by Gasteiger charge is 2.20. The van der Waals surface area contributed by atoms with Crippen LogP contribution in [0.15, 0.2) is 29.3 Å². The van der Waals surface area contributed by atoms with Gasteiger partial charge in [-0.3, -0.25) is 9.79 Å². The van der Waals surface area contributed by atoms with Gasteiger partial charge in [0.05, 0.1) is 17.4 Å². The third-order valence-corrected chi connectivity index (χ3v) is 4.30. The van der Waals surface area contributed by atoms with Crippen molar-refractivity contribution in [1.82, 2.24) is 10.3 Å². The molecule has 1 unspecified atom stereocenters. The van der Waals surface area contributed by atoms with E-state index in [9.17, 15) is 4.79 Å². The van der Waals surface area contributed by atoms with Crippen molar-refractivity contribution in [3.05, 3.63) is 35.5 Å². The van der Waals surface area contributed by atoms with E-state index in [2.05, 4.69) is 33.6 Å². The van der Waals surface area contributed by atoms with Crippen molar-refractivity contribution in [3.63, 3.8) is 0 Å². The molecule has 3 rings (SSSR count). The highest BCUT2D eigenvalue weighted by molar-refractivity contribution is 6.00. The van der Waals surface area contributed by atoms with Gasteiger partial charge in [0, 0.05) is 41.2 Å². The Balaban J connectivity index is 2.05. The number of carbonyl (C=O) groups excluding carboxylic acids is 1. The number of rotatable bonds is 5. The highest BCUT2D eigenvalue weighted by atomic mass is 16.1. The van der Waals surface area contributed by atoms with Crippen LogP contribution in [0.4, 0.5) is 11.4 Å². The fourth-order valence-corrected chi connectivity index (χ4v) is 2.84. The first-order valence-corrected chi connectivity index (χ1v) is 7.90. The maximum atomic E-state index is 11.3. The molecule has 0 aliphatic carbocycles. The zero-order valence-electron chi connectivity index (χ0n) is 13.7. The van der Waals surface area contributed by atoms with Crippen LogP contribution >= 0.6 is 0 Å². The summed E-state index contributed by atoms with van der Waals surface area (Å²) < 4.78 is 0. The Morgan fingerprint density at radius 2 is 2.22 bits per heavy atom. The van der Waals surface area contributed by atoms with Crippen molar-refractivity contribution in [2.45, 2.75) is 26.3 Å². The van der Waals surface area contributed by atoms with E-state index in [-0.39, 0.29) is 6.04 Å². The second-order valence-electron chi connectivity index (χ2n) is 5.91. The molecule has 1 aliphatic heterocycles. The van der Waals surface area contributed by atoms with Gasteiger partial charge in [-0.2, -0.15) is 0 Å². The summed E-state index contributed by atoms with van der Waals surface area (Å²) in [6.45, 7) is 4.96. The number of nitrogens with zero attached hydrogens (tertiary/aromatic N) is 1. The number of aromatic nitrogens is 1. The Bertz CT molecular complexity index is 760. The molecule has 0 fully saturated rings. The summed E-state index contributed by atoms with van der Waals surface area (Å²) in [6, 6.07) is 8.18. The van der Waals surface area contributed by atoms with Gasteiger partial charge in [-0.1, -0.05) is 12.1 Å². The molecule has 0 amide bonds. The lowest BCUT2D eigenvalue weighted by Crippen LogP contribution is -2.26. The average molecular weight is 310 g/mol. The molecule has 0 radical (unpaired) electrons. The number of anilines is 1. The topological polar surface area (TPSA) is 69.3 Å². The van der Waals surface area contributed by atoms with Gasteiger partial charge < -0.3 is 15.6 Å². The van der Waals surface area contributed by atoms with Gasteiger partial charge in [-0.25, -0.2) is 0 Å². The van der Waals surface area contributed by atoms with Crippen LogP contribution in [0.3, 0.4) is 0 Å². The lowest BCUT2D eigenvalue weighted by atomic mass is 10.0. The molecule has 2 aromatic rings. The Kier molecular flexibility index (Phi) is 4.30. The summed E-state index contributed by atoms with van der Waals surface area (Å²) in [5, 5.41) is 6.63. The molecular formula is C18H22N4O. The van der Waals surface area contributed by atoms with Gasteiger partial charge in [0.2, 0.25) is 0 Å². The lowest BCUT2D eigenvalue weighted by molar-refractivity contribution is 0.112. The van der Waals surface area contributed by atoms with Crippen molar-refractivity contribution in [3.8, 4) is 11.3 Å². The molecule has 5 heteroatoms. The van der Waals surface area contributed by atoms with E-state index >= 15 is 0 Å². The van der Waals surface area contributed by atoms with Crippen molar-refractivity contribution in [1.29, 1.82) is 0 Å². The third-order valence-electron chi connectivity index (χ3n) is 4.30. The number of aliphatic imine (C=N–C) groups is 1. The molecular weight excluding hydrogens is 288 g/mol. The fourth-order valence-electron chi connectivity index (χ4n) is 2.84. The van der Waals surface area contributed by atoms with Crippen molar-refractivity contribution >= 4 is 23.4 Å². The Morgan fingerprint density at radius 1 is 1.39 bits per heavy atom. The summed E-state index contributed by atoms with van der Waals surface area (Å²) in [6.07, 6.45) is 1.71. The normalized spacial score (nSPS) is 16.5. The number of para-hydroxylation sites is 1. The van der Waals surface area contributed by atoms with Crippen LogP contribution in [0.25, 0.3) is 11.3 Å². The van der Waals surface area contributed by atoms with E-state index in [0.717, 1.165) is 58.9 Å². The summed E-state index contributed by atoms with van der Waals surface area (Å²) in [5.41, 5.74) is 6.71.